The van der Waals surface area contributed by atoms with Crippen LogP contribution in [0.15, 0.2) is 48.5 Å². The lowest BCUT2D eigenvalue weighted by Gasteiger charge is -2.33. The summed E-state index contributed by atoms with van der Waals surface area (Å²) in [5.41, 5.74) is -3.72. The Bertz CT molecular complexity index is 784. The minimum Gasteiger partial charge on any atom is -0.346 e. The van der Waals surface area contributed by atoms with Crippen LogP contribution < -0.4 is 0 Å². The van der Waals surface area contributed by atoms with Gasteiger partial charge in [0.1, 0.15) is 0 Å². The molecule has 0 amide bonds. The van der Waals surface area contributed by atoms with E-state index in [0.717, 1.165) is 5.56 Å². The van der Waals surface area contributed by atoms with E-state index in [0.29, 0.717) is 10.6 Å². The highest BCUT2D eigenvalue weighted by atomic mass is 35.5. The van der Waals surface area contributed by atoms with Crippen LogP contribution in [0.4, 0.5) is 26.3 Å². The van der Waals surface area contributed by atoms with Gasteiger partial charge in [-0.15, -0.1) is 0 Å². The van der Waals surface area contributed by atoms with Crippen LogP contribution in [0, 0.1) is 0 Å². The molecule has 0 saturated heterocycles. The van der Waals surface area contributed by atoms with Gasteiger partial charge in [-0.25, -0.2) is 0 Å². The molecule has 27 heavy (non-hydrogen) atoms. The van der Waals surface area contributed by atoms with Gasteiger partial charge in [-0.2, -0.15) is 26.3 Å². The zero-order valence-corrected chi connectivity index (χ0v) is 14.7. The molecule has 0 saturated carbocycles. The molecule has 0 aromatic heterocycles. The van der Waals surface area contributed by atoms with Gasteiger partial charge in [0.15, 0.2) is 0 Å². The topological polar surface area (TPSA) is 26.3 Å². The van der Waals surface area contributed by atoms with Gasteiger partial charge >= 0.3 is 18.0 Å². The van der Waals surface area contributed by atoms with Gasteiger partial charge in [-0.1, -0.05) is 48.0 Å². The summed E-state index contributed by atoms with van der Waals surface area (Å²) in [6, 6.07) is 12.2. The van der Waals surface area contributed by atoms with Gasteiger partial charge in [0.2, 0.25) is 0 Å². The maximum absolute atomic E-state index is 13.0. The number of benzene rings is 2. The number of rotatable bonds is 5. The molecule has 0 aliphatic carbocycles. The van der Waals surface area contributed by atoms with Crippen molar-refractivity contribution < 1.29 is 35.9 Å². The number of hydrogen-bond acceptors (Lipinski definition) is 2. The smallest absolute Gasteiger partial charge is 0.346 e. The second-order valence-electron chi connectivity index (χ2n) is 5.44. The molecule has 0 spiro atoms. The molecule has 10 heteroatoms. The van der Waals surface area contributed by atoms with Gasteiger partial charge in [0.05, 0.1) is 6.61 Å². The quantitative estimate of drug-likeness (QED) is 0.419. The number of halogens is 8. The highest BCUT2D eigenvalue weighted by Gasteiger charge is 2.77. The predicted octanol–water partition coefficient (Wildman–Crippen LogP) is 6.15. The fourth-order valence-corrected chi connectivity index (χ4v) is 2.63. The highest BCUT2D eigenvalue weighted by molar-refractivity contribution is 6.65. The van der Waals surface area contributed by atoms with Gasteiger partial charge in [0, 0.05) is 5.02 Å². The van der Waals surface area contributed by atoms with Crippen LogP contribution in [-0.2, 0) is 16.1 Å². The van der Waals surface area contributed by atoms with Gasteiger partial charge in [0.25, 0.3) is 5.24 Å². The number of carbonyl (C=O) groups excluding carboxylic acids is 1. The second kappa shape index (κ2) is 7.69. The maximum atomic E-state index is 13.0. The van der Waals surface area contributed by atoms with E-state index in [1.807, 2.05) is 0 Å². The number of carbonyl (C=O) groups is 1. The third-order valence-electron chi connectivity index (χ3n) is 3.66. The molecule has 0 radical (unpaired) electrons. The van der Waals surface area contributed by atoms with Crippen molar-refractivity contribution in [3.63, 3.8) is 0 Å². The molecular formula is C17H10Cl2F6O2. The van der Waals surface area contributed by atoms with Crippen LogP contribution in [0.5, 0.6) is 0 Å². The van der Waals surface area contributed by atoms with Gasteiger partial charge in [-0.05, 0) is 40.4 Å². The minimum absolute atomic E-state index is 0.0106. The molecule has 146 valence electrons. The average Bonchev–Trinajstić information content (AvgIpc) is 2.54. The van der Waals surface area contributed by atoms with E-state index in [4.69, 9.17) is 11.6 Å². The van der Waals surface area contributed by atoms with Crippen LogP contribution in [0.3, 0.4) is 0 Å². The summed E-state index contributed by atoms with van der Waals surface area (Å²) in [5, 5.41) is -2.20. The summed E-state index contributed by atoms with van der Waals surface area (Å²) in [4.78, 5) is 11.0. The minimum atomic E-state index is -6.08. The van der Waals surface area contributed by atoms with Crippen LogP contribution >= 0.6 is 23.2 Å². The van der Waals surface area contributed by atoms with E-state index < -0.39 is 29.8 Å². The Hall–Kier alpha value is -1.77. The van der Waals surface area contributed by atoms with Crippen LogP contribution in [0.1, 0.15) is 5.56 Å². The Morgan fingerprint density at radius 3 is 1.59 bits per heavy atom. The van der Waals surface area contributed by atoms with Crippen molar-refractivity contribution in [1.29, 1.82) is 0 Å². The van der Waals surface area contributed by atoms with Gasteiger partial charge in [-0.3, -0.25) is 4.79 Å². The maximum Gasteiger partial charge on any atom is 0.435 e. The molecule has 0 bridgehead atoms. The molecule has 0 aliphatic rings. The van der Waals surface area contributed by atoms with E-state index in [1.165, 1.54) is 24.3 Å². The Labute approximate surface area is 159 Å². The largest absolute Gasteiger partial charge is 0.435 e. The third-order valence-corrected chi connectivity index (χ3v) is 4.18. The lowest BCUT2D eigenvalue weighted by Crippen LogP contribution is -2.62. The van der Waals surface area contributed by atoms with Crippen molar-refractivity contribution in [3.8, 4) is 11.1 Å². The molecule has 2 nitrogen and oxygen atoms in total. The second-order valence-corrected chi connectivity index (χ2v) is 6.22. The first-order valence-corrected chi connectivity index (χ1v) is 7.96. The molecular weight excluding hydrogens is 421 g/mol. The van der Waals surface area contributed by atoms with Crippen molar-refractivity contribution in [3.05, 3.63) is 59.1 Å². The van der Waals surface area contributed by atoms with E-state index in [1.54, 1.807) is 24.3 Å². The Balaban J connectivity index is 2.25. The van der Waals surface area contributed by atoms with Crippen LogP contribution in [0.25, 0.3) is 11.1 Å². The summed E-state index contributed by atoms with van der Waals surface area (Å²) in [7, 11) is 0. The predicted molar refractivity (Wildman–Crippen MR) is 87.4 cm³/mol. The molecule has 0 fully saturated rings. The molecule has 2 rings (SSSR count). The number of alkyl halides is 6. The number of hydrogen-bond donors (Lipinski definition) is 0. The number of ether oxygens (including phenoxy) is 1. The molecule has 2 aromatic rings. The first-order valence-electron chi connectivity index (χ1n) is 7.21. The fraction of sp³-hybridized carbons (Fsp3) is 0.235. The molecule has 0 heterocycles. The molecule has 0 N–H and O–H groups in total. The lowest BCUT2D eigenvalue weighted by molar-refractivity contribution is -0.362. The fourth-order valence-electron chi connectivity index (χ4n) is 2.23. The summed E-state index contributed by atoms with van der Waals surface area (Å²) < 4.78 is 81.9. The normalized spacial score (nSPS) is 12.9. The molecule has 2 aromatic carbocycles. The van der Waals surface area contributed by atoms with E-state index in [-0.39, 0.29) is 5.56 Å². The standard InChI is InChI=1S/C17H10Cl2F6O2/c18-13-7-5-12(6-8-13)11-3-1-10(2-4-11)9-27-15(14(19)26,16(20,21)22)17(23,24)25/h1-8H,9H2. The lowest BCUT2D eigenvalue weighted by atomic mass is 10.0. The van der Waals surface area contributed by atoms with Crippen molar-refractivity contribution in [2.45, 2.75) is 24.6 Å². The average molecular weight is 431 g/mol. The summed E-state index contributed by atoms with van der Waals surface area (Å²) >= 11 is 10.4. The summed E-state index contributed by atoms with van der Waals surface area (Å²) in [5.74, 6) is 0. The van der Waals surface area contributed by atoms with Crippen molar-refractivity contribution in [1.82, 2.24) is 0 Å². The Morgan fingerprint density at radius 1 is 0.815 bits per heavy atom. The summed E-state index contributed by atoms with van der Waals surface area (Å²) in [6.07, 6.45) is -12.2. The van der Waals surface area contributed by atoms with Crippen molar-refractivity contribution in [2.24, 2.45) is 0 Å². The van der Waals surface area contributed by atoms with Crippen LogP contribution in [-0.4, -0.2) is 23.2 Å². The molecule has 0 aliphatic heterocycles. The zero-order chi connectivity index (χ0) is 20.5. The Morgan fingerprint density at radius 2 is 1.22 bits per heavy atom. The SMILES string of the molecule is O=C(Cl)C(OCc1ccc(-c2ccc(Cl)cc2)cc1)(C(F)(F)F)C(F)(F)F. The van der Waals surface area contributed by atoms with E-state index in [9.17, 15) is 31.1 Å². The third kappa shape index (κ3) is 4.39. The van der Waals surface area contributed by atoms with Crippen molar-refractivity contribution >= 4 is 28.4 Å². The monoisotopic (exact) mass is 430 g/mol. The Kier molecular flexibility index (Phi) is 6.13. The molecule has 0 atom stereocenters. The zero-order valence-electron chi connectivity index (χ0n) is 13.2. The molecule has 0 unspecified atom stereocenters. The highest BCUT2D eigenvalue weighted by Crippen LogP contribution is 2.47. The van der Waals surface area contributed by atoms with Gasteiger partial charge < -0.3 is 4.74 Å². The van der Waals surface area contributed by atoms with Crippen molar-refractivity contribution in [2.75, 3.05) is 0 Å². The summed E-state index contributed by atoms with van der Waals surface area (Å²) in [6.45, 7) is -1.13. The van der Waals surface area contributed by atoms with E-state index >= 15 is 0 Å². The first-order chi connectivity index (χ1) is 12.4. The van der Waals surface area contributed by atoms with Crippen LogP contribution in [0.2, 0.25) is 5.02 Å². The first kappa shape index (κ1) is 21.5. The van der Waals surface area contributed by atoms with E-state index in [2.05, 4.69) is 16.3 Å².